The van der Waals surface area contributed by atoms with Crippen LogP contribution in [0, 0.1) is 5.41 Å². The molecule has 1 aromatic heterocycles. The number of fused-ring (bicyclic) bond motifs is 1. The molecule has 1 atom stereocenters. The zero-order valence-corrected chi connectivity index (χ0v) is 18.9. The highest BCUT2D eigenvalue weighted by Gasteiger charge is 2.34. The minimum atomic E-state index is -0.886. The Kier molecular flexibility index (Phi) is 5.99. The summed E-state index contributed by atoms with van der Waals surface area (Å²) < 4.78 is 17.6. The Morgan fingerprint density at radius 1 is 1.17 bits per heavy atom. The number of rotatable bonds is 7. The second-order valence-electron chi connectivity index (χ2n) is 9.19. The number of nitrogens with zero attached hydrogens (tertiary/aromatic N) is 1. The SMILES string of the molecule is CC(C)(C)Cc1cn(CCN[S+]([O-])C2CC2)c2ccc(-c3ccccc3Cl)cc12. The van der Waals surface area contributed by atoms with Crippen molar-refractivity contribution in [1.82, 2.24) is 9.29 Å². The van der Waals surface area contributed by atoms with Crippen molar-refractivity contribution in [3.05, 3.63) is 59.2 Å². The fourth-order valence-electron chi connectivity index (χ4n) is 3.80. The Balaban J connectivity index is 1.66. The second kappa shape index (κ2) is 8.35. The lowest BCUT2D eigenvalue weighted by molar-refractivity contribution is 0.412. The summed E-state index contributed by atoms with van der Waals surface area (Å²) in [6.45, 7) is 8.34. The summed E-state index contributed by atoms with van der Waals surface area (Å²) >= 11 is 5.56. The highest BCUT2D eigenvalue weighted by molar-refractivity contribution is 7.90. The van der Waals surface area contributed by atoms with Crippen LogP contribution in [0.4, 0.5) is 0 Å². The summed E-state index contributed by atoms with van der Waals surface area (Å²) in [4.78, 5) is 0. The molecule has 1 aliphatic carbocycles. The molecule has 0 spiro atoms. The molecule has 5 heteroatoms. The summed E-state index contributed by atoms with van der Waals surface area (Å²) in [5.74, 6) is 0. The maximum atomic E-state index is 12.1. The van der Waals surface area contributed by atoms with Gasteiger partial charge in [-0.2, -0.15) is 0 Å². The van der Waals surface area contributed by atoms with Gasteiger partial charge >= 0.3 is 0 Å². The van der Waals surface area contributed by atoms with Crippen molar-refractivity contribution in [2.24, 2.45) is 5.41 Å². The number of nitrogens with one attached hydrogen (secondary N) is 1. The molecule has 3 nitrogen and oxygen atoms in total. The van der Waals surface area contributed by atoms with Crippen molar-refractivity contribution >= 4 is 33.9 Å². The first kappa shape index (κ1) is 20.8. The largest absolute Gasteiger partial charge is 0.598 e. The van der Waals surface area contributed by atoms with Gasteiger partial charge in [0.05, 0.1) is 6.54 Å². The van der Waals surface area contributed by atoms with Gasteiger partial charge in [-0.25, -0.2) is 0 Å². The van der Waals surface area contributed by atoms with Crippen LogP contribution in [-0.4, -0.2) is 20.9 Å². The van der Waals surface area contributed by atoms with Crippen LogP contribution in [0.5, 0.6) is 0 Å². The zero-order valence-electron chi connectivity index (χ0n) is 17.4. The quantitative estimate of drug-likeness (QED) is 0.471. The minimum absolute atomic E-state index is 0.200. The van der Waals surface area contributed by atoms with Gasteiger partial charge in [0.15, 0.2) is 0 Å². The summed E-state index contributed by atoms with van der Waals surface area (Å²) in [7, 11) is 0. The first-order chi connectivity index (χ1) is 13.8. The van der Waals surface area contributed by atoms with Crippen LogP contribution in [0.1, 0.15) is 39.2 Å². The van der Waals surface area contributed by atoms with Gasteiger partial charge in [0.25, 0.3) is 0 Å². The van der Waals surface area contributed by atoms with Gasteiger partial charge < -0.3 is 9.12 Å². The molecule has 0 radical (unpaired) electrons. The summed E-state index contributed by atoms with van der Waals surface area (Å²) in [6, 6.07) is 14.6. The van der Waals surface area contributed by atoms with E-state index < -0.39 is 11.4 Å². The van der Waals surface area contributed by atoms with E-state index >= 15 is 0 Å². The Morgan fingerprint density at radius 2 is 1.93 bits per heavy atom. The number of hydrogen-bond donors (Lipinski definition) is 1. The van der Waals surface area contributed by atoms with Crippen LogP contribution in [0.3, 0.4) is 0 Å². The number of halogens is 1. The van der Waals surface area contributed by atoms with Crippen molar-refractivity contribution in [3.63, 3.8) is 0 Å². The van der Waals surface area contributed by atoms with Gasteiger partial charge in [-0.05, 0) is 41.2 Å². The molecule has 0 saturated heterocycles. The topological polar surface area (TPSA) is 40.0 Å². The predicted molar refractivity (Wildman–Crippen MR) is 125 cm³/mol. The zero-order chi connectivity index (χ0) is 20.6. The minimum Gasteiger partial charge on any atom is -0.598 e. The Hall–Kier alpha value is -1.46. The lowest BCUT2D eigenvalue weighted by Gasteiger charge is -2.17. The van der Waals surface area contributed by atoms with E-state index in [0.717, 1.165) is 42.0 Å². The van der Waals surface area contributed by atoms with Crippen molar-refractivity contribution < 1.29 is 4.55 Å². The maximum Gasteiger partial charge on any atom is 0.135 e. The third-order valence-corrected chi connectivity index (χ3v) is 7.19. The standard InChI is InChI=1S/C24H29ClN2OS/c1-24(2,3)15-18-16-27(13-12-26-29(28)19-9-10-19)23-11-8-17(14-21(18)23)20-6-4-5-7-22(20)25/h4-8,11,14,16,19,26H,9-10,12-13,15H2,1-3H3. The summed E-state index contributed by atoms with van der Waals surface area (Å²) in [5, 5.41) is 2.42. The number of benzene rings is 2. The van der Waals surface area contributed by atoms with Gasteiger partial charge in [-0.3, -0.25) is 0 Å². The molecular weight excluding hydrogens is 400 g/mol. The average molecular weight is 429 g/mol. The normalized spacial score (nSPS) is 15.8. The molecule has 1 fully saturated rings. The molecule has 2 aromatic carbocycles. The molecule has 1 aliphatic rings. The second-order valence-corrected chi connectivity index (χ2v) is 11.1. The maximum absolute atomic E-state index is 12.1. The molecule has 4 rings (SSSR count). The van der Waals surface area contributed by atoms with E-state index in [4.69, 9.17) is 11.6 Å². The van der Waals surface area contributed by atoms with Crippen LogP contribution in [-0.2, 0) is 24.3 Å². The third-order valence-electron chi connectivity index (χ3n) is 5.29. The molecule has 29 heavy (non-hydrogen) atoms. The van der Waals surface area contributed by atoms with Crippen LogP contribution in [0.2, 0.25) is 5.02 Å². The third kappa shape index (κ3) is 5.00. The van der Waals surface area contributed by atoms with Crippen molar-refractivity contribution in [2.45, 2.75) is 51.8 Å². The van der Waals surface area contributed by atoms with Gasteiger partial charge in [-0.1, -0.05) is 56.6 Å². The van der Waals surface area contributed by atoms with E-state index in [-0.39, 0.29) is 5.41 Å². The molecule has 3 aromatic rings. The van der Waals surface area contributed by atoms with Crippen molar-refractivity contribution in [1.29, 1.82) is 0 Å². The molecule has 1 unspecified atom stereocenters. The van der Waals surface area contributed by atoms with E-state index in [1.54, 1.807) is 0 Å². The van der Waals surface area contributed by atoms with Crippen LogP contribution < -0.4 is 4.72 Å². The summed E-state index contributed by atoms with van der Waals surface area (Å²) in [6.07, 6.45) is 5.46. The highest BCUT2D eigenvalue weighted by atomic mass is 35.5. The molecule has 154 valence electrons. The van der Waals surface area contributed by atoms with Gasteiger partial charge in [0.1, 0.15) is 5.25 Å². The lowest BCUT2D eigenvalue weighted by atomic mass is 9.88. The first-order valence-electron chi connectivity index (χ1n) is 10.3. The van der Waals surface area contributed by atoms with Gasteiger partial charge in [0.2, 0.25) is 0 Å². The lowest BCUT2D eigenvalue weighted by Crippen LogP contribution is -2.30. The molecule has 1 saturated carbocycles. The molecule has 1 heterocycles. The average Bonchev–Trinajstić information content (AvgIpc) is 3.46. The van der Waals surface area contributed by atoms with E-state index in [2.05, 4.69) is 60.5 Å². The van der Waals surface area contributed by atoms with E-state index in [1.165, 1.54) is 16.5 Å². The smallest absolute Gasteiger partial charge is 0.135 e. The van der Waals surface area contributed by atoms with Crippen LogP contribution in [0.15, 0.2) is 48.7 Å². The van der Waals surface area contributed by atoms with Crippen molar-refractivity contribution in [2.75, 3.05) is 6.54 Å². The fourth-order valence-corrected chi connectivity index (χ4v) is 5.13. The monoisotopic (exact) mass is 428 g/mol. The van der Waals surface area contributed by atoms with Gasteiger partial charge in [0, 0.05) is 58.4 Å². The van der Waals surface area contributed by atoms with Gasteiger partial charge in [-0.15, -0.1) is 4.72 Å². The summed E-state index contributed by atoms with van der Waals surface area (Å²) in [5.41, 5.74) is 4.98. The Bertz CT molecular complexity index is 1000. The first-order valence-corrected chi connectivity index (χ1v) is 11.9. The molecule has 0 amide bonds. The number of aromatic nitrogens is 1. The molecule has 1 N–H and O–H groups in total. The number of hydrogen-bond acceptors (Lipinski definition) is 2. The van der Waals surface area contributed by atoms with Crippen molar-refractivity contribution in [3.8, 4) is 11.1 Å². The van der Waals surface area contributed by atoms with E-state index in [1.807, 2.05) is 18.2 Å². The fraction of sp³-hybridized carbons (Fsp3) is 0.417. The molecule has 0 bridgehead atoms. The Labute approximate surface area is 181 Å². The van der Waals surface area contributed by atoms with Crippen LogP contribution >= 0.6 is 11.6 Å². The van der Waals surface area contributed by atoms with Crippen LogP contribution in [0.25, 0.3) is 22.0 Å². The predicted octanol–water partition coefficient (Wildman–Crippen LogP) is 5.97. The highest BCUT2D eigenvalue weighted by Crippen LogP contribution is 2.34. The molecular formula is C24H29ClN2OS. The molecule has 0 aliphatic heterocycles. The Morgan fingerprint density at radius 3 is 2.62 bits per heavy atom. The van der Waals surface area contributed by atoms with E-state index in [0.29, 0.717) is 11.8 Å². The van der Waals surface area contributed by atoms with E-state index in [9.17, 15) is 4.55 Å².